The first-order valence-electron chi connectivity index (χ1n) is 7.63. The quantitative estimate of drug-likeness (QED) is 0.665. The van der Waals surface area contributed by atoms with Crippen molar-refractivity contribution in [2.24, 2.45) is 0 Å². The molecule has 0 spiro atoms. The Labute approximate surface area is 159 Å². The molecular weight excluding hydrogens is 377 g/mol. The van der Waals surface area contributed by atoms with Crippen LogP contribution < -0.4 is 5.32 Å². The van der Waals surface area contributed by atoms with Gasteiger partial charge < -0.3 is 10.2 Å². The van der Waals surface area contributed by atoms with Crippen LogP contribution >= 0.6 is 34.5 Å². The van der Waals surface area contributed by atoms with E-state index in [0.717, 1.165) is 10.6 Å². The second-order valence-electron chi connectivity index (χ2n) is 5.65. The summed E-state index contributed by atoms with van der Waals surface area (Å²) in [6.07, 6.45) is 1.32. The topological polar surface area (TPSA) is 45.2 Å². The molecule has 1 aliphatic heterocycles. The minimum atomic E-state index is -0.375. The number of hydrogen-bond donors (Lipinski definition) is 1. The fourth-order valence-electron chi connectivity index (χ4n) is 2.91. The number of nitrogens with one attached hydrogen (secondary N) is 1. The number of anilines is 1. The summed E-state index contributed by atoms with van der Waals surface area (Å²) in [6, 6.07) is 12.8. The largest absolute Gasteiger partial charge is 0.360 e. The third-order valence-electron chi connectivity index (χ3n) is 3.97. The van der Waals surface area contributed by atoms with Crippen LogP contribution in [0.3, 0.4) is 0 Å². The average molecular weight is 390 g/mol. The first kappa shape index (κ1) is 16.4. The molecule has 7 heteroatoms. The molecule has 0 saturated carbocycles. The lowest BCUT2D eigenvalue weighted by Crippen LogP contribution is -2.31. The summed E-state index contributed by atoms with van der Waals surface area (Å²) in [6.45, 7) is 0.513. The molecule has 1 aliphatic rings. The van der Waals surface area contributed by atoms with E-state index >= 15 is 0 Å². The van der Waals surface area contributed by atoms with Crippen LogP contribution in [0.2, 0.25) is 10.0 Å². The zero-order valence-electron chi connectivity index (χ0n) is 12.9. The zero-order chi connectivity index (χ0) is 17.4. The second-order valence-corrected chi connectivity index (χ2v) is 7.56. The number of halogens is 2. The van der Waals surface area contributed by atoms with Crippen LogP contribution in [0.15, 0.2) is 54.0 Å². The highest BCUT2D eigenvalue weighted by Gasteiger charge is 2.38. The molecule has 1 N–H and O–H groups in total. The Morgan fingerprint density at radius 2 is 1.96 bits per heavy atom. The van der Waals surface area contributed by atoms with Crippen molar-refractivity contribution in [3.63, 3.8) is 0 Å². The van der Waals surface area contributed by atoms with E-state index in [1.54, 1.807) is 52.8 Å². The molecular formula is C18H13Cl2N3OS. The van der Waals surface area contributed by atoms with Crippen molar-refractivity contribution in [1.82, 2.24) is 9.88 Å². The van der Waals surface area contributed by atoms with Crippen LogP contribution in [0.25, 0.3) is 0 Å². The SMILES string of the molecule is O=C1c2cccnc2[C@H](Nc2cc(Cl)cc(Cl)c2)N1Cc1cccs1. The number of rotatable bonds is 4. The molecule has 0 aliphatic carbocycles. The first-order chi connectivity index (χ1) is 12.1. The number of carbonyl (C=O) groups is 1. The molecule has 2 aromatic heterocycles. The maximum absolute atomic E-state index is 12.9. The van der Waals surface area contributed by atoms with Crippen molar-refractivity contribution in [2.75, 3.05) is 5.32 Å². The average Bonchev–Trinajstić information content (AvgIpc) is 3.17. The van der Waals surface area contributed by atoms with Crippen LogP contribution in [-0.4, -0.2) is 15.8 Å². The Hall–Kier alpha value is -2.08. The van der Waals surface area contributed by atoms with Gasteiger partial charge in [0.15, 0.2) is 0 Å². The Morgan fingerprint density at radius 1 is 1.16 bits per heavy atom. The monoisotopic (exact) mass is 389 g/mol. The van der Waals surface area contributed by atoms with Gasteiger partial charge in [0.25, 0.3) is 5.91 Å². The van der Waals surface area contributed by atoms with Crippen LogP contribution in [0, 0.1) is 0 Å². The highest BCUT2D eigenvalue weighted by molar-refractivity contribution is 7.09. The number of aromatic nitrogens is 1. The maximum atomic E-state index is 12.9. The van der Waals surface area contributed by atoms with Gasteiger partial charge in [-0.05, 0) is 41.8 Å². The Kier molecular flexibility index (Phi) is 4.37. The number of benzene rings is 1. The number of amides is 1. The molecule has 3 aromatic rings. The number of pyridine rings is 1. The van der Waals surface area contributed by atoms with Gasteiger partial charge in [-0.2, -0.15) is 0 Å². The fourth-order valence-corrected chi connectivity index (χ4v) is 4.14. The summed E-state index contributed by atoms with van der Waals surface area (Å²) in [5, 5.41) is 6.42. The maximum Gasteiger partial charge on any atom is 0.258 e. The number of carbonyl (C=O) groups excluding carboxylic acids is 1. The van der Waals surface area contributed by atoms with Crippen molar-refractivity contribution in [1.29, 1.82) is 0 Å². The number of fused-ring (bicyclic) bond motifs is 1. The van der Waals surface area contributed by atoms with Crippen molar-refractivity contribution >= 4 is 46.1 Å². The van der Waals surface area contributed by atoms with E-state index in [-0.39, 0.29) is 12.1 Å². The molecule has 126 valence electrons. The van der Waals surface area contributed by atoms with E-state index in [0.29, 0.717) is 27.8 Å². The highest BCUT2D eigenvalue weighted by Crippen LogP contribution is 2.35. The van der Waals surface area contributed by atoms with E-state index in [1.165, 1.54) is 0 Å². The van der Waals surface area contributed by atoms with Crippen LogP contribution in [0.1, 0.15) is 27.1 Å². The predicted molar refractivity (Wildman–Crippen MR) is 101 cm³/mol. The smallest absolute Gasteiger partial charge is 0.258 e. The van der Waals surface area contributed by atoms with Crippen molar-refractivity contribution in [3.05, 3.63) is 80.2 Å². The predicted octanol–water partition coefficient (Wildman–Crippen LogP) is 5.22. The van der Waals surface area contributed by atoms with Gasteiger partial charge >= 0.3 is 0 Å². The number of thiophene rings is 1. The number of nitrogens with zero attached hydrogens (tertiary/aromatic N) is 2. The summed E-state index contributed by atoms with van der Waals surface area (Å²) in [4.78, 5) is 20.2. The third-order valence-corrected chi connectivity index (χ3v) is 5.27. The molecule has 0 radical (unpaired) electrons. The zero-order valence-corrected chi connectivity index (χ0v) is 15.3. The van der Waals surface area contributed by atoms with Gasteiger partial charge in [-0.15, -0.1) is 11.3 Å². The molecule has 25 heavy (non-hydrogen) atoms. The Bertz CT molecular complexity index is 910. The van der Waals surface area contributed by atoms with E-state index in [1.807, 2.05) is 17.5 Å². The molecule has 0 unspecified atom stereocenters. The third kappa shape index (κ3) is 3.23. The van der Waals surface area contributed by atoms with E-state index < -0.39 is 0 Å². The minimum absolute atomic E-state index is 0.0397. The van der Waals surface area contributed by atoms with Gasteiger partial charge in [-0.3, -0.25) is 9.78 Å². The van der Waals surface area contributed by atoms with Gasteiger partial charge in [-0.25, -0.2) is 0 Å². The summed E-state index contributed by atoms with van der Waals surface area (Å²) < 4.78 is 0. The van der Waals surface area contributed by atoms with E-state index in [2.05, 4.69) is 10.3 Å². The molecule has 1 amide bonds. The molecule has 0 bridgehead atoms. The van der Waals surface area contributed by atoms with E-state index in [9.17, 15) is 4.79 Å². The van der Waals surface area contributed by atoms with Crippen LogP contribution in [0.4, 0.5) is 5.69 Å². The normalized spacial score (nSPS) is 16.2. The van der Waals surface area contributed by atoms with Gasteiger partial charge in [0.2, 0.25) is 0 Å². The fraction of sp³-hybridized carbons (Fsp3) is 0.111. The van der Waals surface area contributed by atoms with Crippen molar-refractivity contribution in [2.45, 2.75) is 12.7 Å². The second kappa shape index (κ2) is 6.67. The molecule has 4 rings (SSSR count). The molecule has 3 heterocycles. The first-order valence-corrected chi connectivity index (χ1v) is 9.26. The van der Waals surface area contributed by atoms with Crippen LogP contribution in [0.5, 0.6) is 0 Å². The standard InChI is InChI=1S/C18H13Cl2N3OS/c19-11-7-12(20)9-13(8-11)22-17-16-15(4-1-5-21-16)18(24)23(17)10-14-3-2-6-25-14/h1-9,17,22H,10H2/t17-/m1/s1. The summed E-state index contributed by atoms with van der Waals surface area (Å²) in [5.74, 6) is -0.0397. The van der Waals surface area contributed by atoms with Gasteiger partial charge in [0.05, 0.1) is 17.8 Å². The van der Waals surface area contributed by atoms with Gasteiger partial charge in [-0.1, -0.05) is 29.3 Å². The highest BCUT2D eigenvalue weighted by atomic mass is 35.5. The van der Waals surface area contributed by atoms with Crippen molar-refractivity contribution < 1.29 is 4.79 Å². The molecule has 0 fully saturated rings. The molecule has 0 saturated heterocycles. The summed E-state index contributed by atoms with van der Waals surface area (Å²) >= 11 is 13.8. The summed E-state index contributed by atoms with van der Waals surface area (Å²) in [5.41, 5.74) is 2.06. The van der Waals surface area contributed by atoms with Gasteiger partial charge in [0, 0.05) is 26.8 Å². The lowest BCUT2D eigenvalue weighted by Gasteiger charge is -2.26. The molecule has 4 nitrogen and oxygen atoms in total. The Balaban J connectivity index is 1.71. The lowest BCUT2D eigenvalue weighted by atomic mass is 10.2. The summed E-state index contributed by atoms with van der Waals surface area (Å²) in [7, 11) is 0. The van der Waals surface area contributed by atoms with E-state index in [4.69, 9.17) is 23.2 Å². The molecule has 1 atom stereocenters. The lowest BCUT2D eigenvalue weighted by molar-refractivity contribution is 0.0729. The minimum Gasteiger partial charge on any atom is -0.360 e. The van der Waals surface area contributed by atoms with Crippen molar-refractivity contribution in [3.8, 4) is 0 Å². The Morgan fingerprint density at radius 3 is 2.68 bits per heavy atom. The van der Waals surface area contributed by atoms with Gasteiger partial charge in [0.1, 0.15) is 6.17 Å². The number of hydrogen-bond acceptors (Lipinski definition) is 4. The molecule has 1 aromatic carbocycles. The van der Waals surface area contributed by atoms with Crippen LogP contribution in [-0.2, 0) is 6.54 Å².